The number of nitrogens with zero attached hydrogens (tertiary/aromatic N) is 2. The molecule has 1 aromatic carbocycles. The third kappa shape index (κ3) is 3.52. The van der Waals surface area contributed by atoms with Gasteiger partial charge < -0.3 is 19.8 Å². The molecule has 0 amide bonds. The molecule has 1 aliphatic heterocycles. The van der Waals surface area contributed by atoms with Gasteiger partial charge in [0.2, 0.25) is 0 Å². The Morgan fingerprint density at radius 1 is 1.33 bits per heavy atom. The van der Waals surface area contributed by atoms with E-state index >= 15 is 0 Å². The zero-order valence-corrected chi connectivity index (χ0v) is 15.0. The van der Waals surface area contributed by atoms with E-state index in [-0.39, 0.29) is 23.5 Å². The minimum Gasteiger partial charge on any atom is -0.465 e. The average Bonchev–Trinajstić information content (AvgIpc) is 3.00. The number of aromatic nitrogens is 2. The number of anilines is 1. The quantitative estimate of drug-likeness (QED) is 0.667. The molecule has 0 fully saturated rings. The maximum Gasteiger partial charge on any atom is 0.289 e. The number of ether oxygens (including phenoxy) is 2. The van der Waals surface area contributed by atoms with Gasteiger partial charge in [-0.1, -0.05) is 11.6 Å². The second kappa shape index (κ2) is 7.03. The van der Waals surface area contributed by atoms with Crippen LogP contribution in [0.1, 0.15) is 13.3 Å². The molecule has 0 aliphatic carbocycles. The van der Waals surface area contributed by atoms with Crippen molar-refractivity contribution in [3.63, 3.8) is 0 Å². The van der Waals surface area contributed by atoms with Gasteiger partial charge in [0.15, 0.2) is 17.4 Å². The number of hydrogen-bond donors (Lipinski definition) is 2. The Hall–Kier alpha value is -2.87. The summed E-state index contributed by atoms with van der Waals surface area (Å²) >= 11 is 6.09. The number of aliphatic imine (C=N–C) groups is 1. The number of rotatable bonds is 3. The summed E-state index contributed by atoms with van der Waals surface area (Å²) in [6.45, 7) is 2.43. The lowest BCUT2D eigenvalue weighted by Crippen LogP contribution is -2.25. The van der Waals surface area contributed by atoms with E-state index in [1.807, 2.05) is 6.92 Å². The molecule has 0 radical (unpaired) electrons. The van der Waals surface area contributed by atoms with Crippen molar-refractivity contribution in [3.05, 3.63) is 47.2 Å². The zero-order valence-electron chi connectivity index (χ0n) is 14.2. The maximum absolute atomic E-state index is 14.5. The second-order valence-corrected chi connectivity index (χ2v) is 6.49. The number of H-pyrrole nitrogens is 1. The van der Waals surface area contributed by atoms with Crippen LogP contribution in [0.4, 0.5) is 14.5 Å². The highest BCUT2D eigenvalue weighted by Gasteiger charge is 2.19. The third-order valence-corrected chi connectivity index (χ3v) is 4.36. The minimum absolute atomic E-state index is 0.0822. The van der Waals surface area contributed by atoms with Crippen LogP contribution in [0.2, 0.25) is 5.02 Å². The van der Waals surface area contributed by atoms with Gasteiger partial charge in [0.05, 0.1) is 23.1 Å². The van der Waals surface area contributed by atoms with Gasteiger partial charge in [0.1, 0.15) is 11.4 Å². The molecular formula is C18H15ClF2N4O2. The minimum atomic E-state index is -0.876. The highest BCUT2D eigenvalue weighted by molar-refractivity contribution is 6.36. The van der Waals surface area contributed by atoms with Crippen molar-refractivity contribution >= 4 is 34.3 Å². The largest absolute Gasteiger partial charge is 0.465 e. The molecule has 27 heavy (non-hydrogen) atoms. The van der Waals surface area contributed by atoms with Crippen LogP contribution in [0, 0.1) is 11.6 Å². The number of pyridine rings is 1. The number of fused-ring (bicyclic) bond motifs is 1. The molecule has 0 bridgehead atoms. The predicted molar refractivity (Wildman–Crippen MR) is 98.6 cm³/mol. The number of amidine groups is 1. The van der Waals surface area contributed by atoms with Crippen molar-refractivity contribution in [1.29, 1.82) is 0 Å². The fourth-order valence-corrected chi connectivity index (χ4v) is 2.97. The monoisotopic (exact) mass is 392 g/mol. The summed E-state index contributed by atoms with van der Waals surface area (Å²) in [5.74, 6) is -2.10. The van der Waals surface area contributed by atoms with Gasteiger partial charge in [0, 0.05) is 36.6 Å². The number of nitrogens with one attached hydrogen (secondary N) is 2. The van der Waals surface area contributed by atoms with Crippen LogP contribution < -0.4 is 10.1 Å². The van der Waals surface area contributed by atoms with Gasteiger partial charge in [-0.3, -0.25) is 0 Å². The van der Waals surface area contributed by atoms with E-state index in [0.717, 1.165) is 18.6 Å². The van der Waals surface area contributed by atoms with Crippen LogP contribution in [0.5, 0.6) is 11.5 Å². The molecule has 4 rings (SSSR count). The molecule has 1 aliphatic rings. The first-order chi connectivity index (χ1) is 13.0. The van der Waals surface area contributed by atoms with E-state index in [1.54, 1.807) is 0 Å². The number of hydrogen-bond acceptors (Lipinski definition) is 5. The Morgan fingerprint density at radius 2 is 2.11 bits per heavy atom. The molecular weight excluding hydrogens is 378 g/mol. The maximum atomic E-state index is 14.5. The summed E-state index contributed by atoms with van der Waals surface area (Å²) < 4.78 is 39.8. The molecule has 1 unspecified atom stereocenters. The topological polar surface area (TPSA) is 71.5 Å². The Balaban J connectivity index is 1.63. The van der Waals surface area contributed by atoms with Crippen LogP contribution in [0.25, 0.3) is 11.0 Å². The molecule has 1 atom stereocenters. The standard InChI is InChI=1S/C18H15ClF2N4O2/c1-9-3-5-26-18(24-9)25-10-6-12(20)16(13(21)7-10)27-14-2-4-22-17-15(14)11(19)8-23-17/h2,4,6-9H,3,5H2,1H3,(H,22,23)(H,24,25). The first kappa shape index (κ1) is 17.5. The molecule has 0 saturated carbocycles. The molecule has 0 saturated heterocycles. The molecule has 6 nitrogen and oxygen atoms in total. The van der Waals surface area contributed by atoms with Crippen molar-refractivity contribution < 1.29 is 18.3 Å². The molecule has 3 heterocycles. The summed E-state index contributed by atoms with van der Waals surface area (Å²) in [5.41, 5.74) is 0.628. The lowest BCUT2D eigenvalue weighted by Gasteiger charge is -2.19. The molecule has 0 spiro atoms. The van der Waals surface area contributed by atoms with Crippen LogP contribution in [0.15, 0.2) is 35.6 Å². The van der Waals surface area contributed by atoms with Gasteiger partial charge >= 0.3 is 0 Å². The summed E-state index contributed by atoms with van der Waals surface area (Å²) in [6, 6.07) is 4.02. The Kier molecular flexibility index (Phi) is 4.57. The summed E-state index contributed by atoms with van der Waals surface area (Å²) in [4.78, 5) is 11.2. The second-order valence-electron chi connectivity index (χ2n) is 6.09. The summed E-state index contributed by atoms with van der Waals surface area (Å²) in [7, 11) is 0. The molecule has 2 N–H and O–H groups in total. The lowest BCUT2D eigenvalue weighted by atomic mass is 10.2. The highest BCUT2D eigenvalue weighted by Crippen LogP contribution is 2.36. The normalized spacial score (nSPS) is 16.7. The van der Waals surface area contributed by atoms with Crippen molar-refractivity contribution in [2.75, 3.05) is 11.9 Å². The van der Waals surface area contributed by atoms with Crippen molar-refractivity contribution in [3.8, 4) is 11.5 Å². The zero-order chi connectivity index (χ0) is 19.0. The number of halogens is 3. The van der Waals surface area contributed by atoms with Gasteiger partial charge in [0.25, 0.3) is 6.02 Å². The first-order valence-corrected chi connectivity index (χ1v) is 8.65. The Morgan fingerprint density at radius 3 is 2.85 bits per heavy atom. The highest BCUT2D eigenvalue weighted by atomic mass is 35.5. The summed E-state index contributed by atoms with van der Waals surface area (Å²) in [6.07, 6.45) is 3.77. The van der Waals surface area contributed by atoms with Crippen molar-refractivity contribution in [1.82, 2.24) is 9.97 Å². The van der Waals surface area contributed by atoms with Gasteiger partial charge in [-0.05, 0) is 13.0 Å². The molecule has 9 heteroatoms. The fourth-order valence-electron chi connectivity index (χ4n) is 2.73. The van der Waals surface area contributed by atoms with Crippen molar-refractivity contribution in [2.45, 2.75) is 19.4 Å². The first-order valence-electron chi connectivity index (χ1n) is 8.27. The van der Waals surface area contributed by atoms with Crippen LogP contribution in [-0.2, 0) is 4.74 Å². The number of aromatic amines is 1. The average molecular weight is 393 g/mol. The van der Waals surface area contributed by atoms with Gasteiger partial charge in [-0.25, -0.2) is 18.8 Å². The van der Waals surface area contributed by atoms with Gasteiger partial charge in [-0.15, -0.1) is 0 Å². The smallest absolute Gasteiger partial charge is 0.289 e. The van der Waals surface area contributed by atoms with E-state index in [1.165, 1.54) is 18.5 Å². The van der Waals surface area contributed by atoms with Crippen molar-refractivity contribution in [2.24, 2.45) is 4.99 Å². The Labute approximate surface area is 158 Å². The molecule has 2 aromatic heterocycles. The SMILES string of the molecule is CC1CCOC(Nc2cc(F)c(Oc3ccnc4[nH]cc(Cl)c34)c(F)c2)=N1. The summed E-state index contributed by atoms with van der Waals surface area (Å²) in [5, 5.41) is 3.56. The third-order valence-electron chi connectivity index (χ3n) is 4.06. The predicted octanol–water partition coefficient (Wildman–Crippen LogP) is 4.86. The van der Waals surface area contributed by atoms with Crippen LogP contribution in [-0.4, -0.2) is 28.6 Å². The van der Waals surface area contributed by atoms with Crippen LogP contribution in [0.3, 0.4) is 0 Å². The van der Waals surface area contributed by atoms with E-state index in [9.17, 15) is 8.78 Å². The van der Waals surface area contributed by atoms with Crippen LogP contribution >= 0.6 is 11.6 Å². The van der Waals surface area contributed by atoms with Gasteiger partial charge in [-0.2, -0.15) is 0 Å². The van der Waals surface area contributed by atoms with E-state index < -0.39 is 17.4 Å². The van der Waals surface area contributed by atoms with E-state index in [0.29, 0.717) is 22.7 Å². The Bertz CT molecular complexity index is 1010. The fraction of sp³-hybridized carbons (Fsp3) is 0.222. The molecule has 3 aromatic rings. The molecule has 140 valence electrons. The van der Waals surface area contributed by atoms with E-state index in [2.05, 4.69) is 20.3 Å². The lowest BCUT2D eigenvalue weighted by molar-refractivity contribution is 0.263. The number of benzene rings is 1. The van der Waals surface area contributed by atoms with E-state index in [4.69, 9.17) is 21.1 Å².